The van der Waals surface area contributed by atoms with E-state index < -0.39 is 0 Å². The molecule has 24 heavy (non-hydrogen) atoms. The molecule has 1 atom stereocenters. The Morgan fingerprint density at radius 2 is 1.92 bits per heavy atom. The molecule has 2 rings (SSSR count). The zero-order valence-corrected chi connectivity index (χ0v) is 14.2. The first-order chi connectivity index (χ1) is 11.7. The van der Waals surface area contributed by atoms with Crippen LogP contribution in [0.5, 0.6) is 0 Å². The highest BCUT2D eigenvalue weighted by atomic mass is 15.5. The summed E-state index contributed by atoms with van der Waals surface area (Å²) in [5.74, 6) is 0.490. The molecule has 0 amide bonds. The largest absolute Gasteiger partial charge is 0.289 e. The summed E-state index contributed by atoms with van der Waals surface area (Å²) in [7, 11) is 3.72. The maximum Gasteiger partial charge on any atom is 0.223 e. The van der Waals surface area contributed by atoms with Crippen LogP contribution in [0.2, 0.25) is 0 Å². The van der Waals surface area contributed by atoms with Crippen LogP contribution in [-0.4, -0.2) is 41.5 Å². The SMILES string of the molecule is CCN=C(NN(C)C)N(C#N)C(c1ccccc1)c1ccccn1. The average Bonchev–Trinajstić information content (AvgIpc) is 2.60. The summed E-state index contributed by atoms with van der Waals surface area (Å²) in [6.45, 7) is 2.50. The third-order valence-corrected chi connectivity index (χ3v) is 3.31. The molecule has 1 N–H and O–H groups in total. The molecule has 0 saturated carbocycles. The molecule has 0 spiro atoms. The van der Waals surface area contributed by atoms with Gasteiger partial charge in [0.25, 0.3) is 0 Å². The van der Waals surface area contributed by atoms with Gasteiger partial charge in [-0.2, -0.15) is 5.26 Å². The highest BCUT2D eigenvalue weighted by molar-refractivity contribution is 5.82. The standard InChI is InChI=1S/C18H22N6/c1-4-20-18(22-23(2)3)24(14-19)17(15-10-6-5-7-11-15)16-12-8-9-13-21-16/h5-13,17H,4H2,1-3H3,(H,20,22). The van der Waals surface area contributed by atoms with Gasteiger partial charge in [0.15, 0.2) is 6.19 Å². The van der Waals surface area contributed by atoms with Gasteiger partial charge in [-0.15, -0.1) is 0 Å². The molecule has 0 fully saturated rings. The highest BCUT2D eigenvalue weighted by Crippen LogP contribution is 2.26. The molecule has 0 aliphatic heterocycles. The Hall–Kier alpha value is -2.91. The van der Waals surface area contributed by atoms with Gasteiger partial charge in [0.05, 0.1) is 5.69 Å². The average molecular weight is 322 g/mol. The minimum absolute atomic E-state index is 0.352. The van der Waals surface area contributed by atoms with Crippen molar-refractivity contribution in [3.63, 3.8) is 0 Å². The van der Waals surface area contributed by atoms with Crippen molar-refractivity contribution >= 4 is 5.96 Å². The van der Waals surface area contributed by atoms with Crippen LogP contribution < -0.4 is 5.43 Å². The molecular weight excluding hydrogens is 300 g/mol. The first-order valence-corrected chi connectivity index (χ1v) is 7.80. The second-order valence-corrected chi connectivity index (χ2v) is 5.34. The number of nitrogens with zero attached hydrogens (tertiary/aromatic N) is 5. The minimum atomic E-state index is -0.352. The van der Waals surface area contributed by atoms with Crippen LogP contribution in [0.15, 0.2) is 59.7 Å². The highest BCUT2D eigenvalue weighted by Gasteiger charge is 2.27. The Morgan fingerprint density at radius 3 is 2.46 bits per heavy atom. The van der Waals surface area contributed by atoms with E-state index in [0.717, 1.165) is 11.3 Å². The van der Waals surface area contributed by atoms with Crippen molar-refractivity contribution < 1.29 is 0 Å². The normalized spacial score (nSPS) is 12.5. The van der Waals surface area contributed by atoms with Crippen LogP contribution in [-0.2, 0) is 0 Å². The van der Waals surface area contributed by atoms with Crippen LogP contribution in [0.3, 0.4) is 0 Å². The van der Waals surface area contributed by atoms with Gasteiger partial charge >= 0.3 is 0 Å². The van der Waals surface area contributed by atoms with Crippen LogP contribution >= 0.6 is 0 Å². The summed E-state index contributed by atoms with van der Waals surface area (Å²) in [6, 6.07) is 15.2. The fraction of sp³-hybridized carbons (Fsp3) is 0.278. The molecule has 1 heterocycles. The lowest BCUT2D eigenvalue weighted by Gasteiger charge is -2.29. The van der Waals surface area contributed by atoms with Crippen LogP contribution in [0.1, 0.15) is 24.2 Å². The second-order valence-electron chi connectivity index (χ2n) is 5.34. The van der Waals surface area contributed by atoms with Crippen molar-refractivity contribution in [1.29, 1.82) is 5.26 Å². The van der Waals surface area contributed by atoms with Gasteiger partial charge in [0.2, 0.25) is 5.96 Å². The smallest absolute Gasteiger partial charge is 0.223 e. The lowest BCUT2D eigenvalue weighted by molar-refractivity contribution is 0.327. The van der Waals surface area contributed by atoms with Crippen molar-refractivity contribution in [2.75, 3.05) is 20.6 Å². The number of hydrazine groups is 1. The van der Waals surface area contributed by atoms with E-state index in [-0.39, 0.29) is 6.04 Å². The summed E-state index contributed by atoms with van der Waals surface area (Å²) >= 11 is 0. The van der Waals surface area contributed by atoms with Crippen LogP contribution in [0, 0.1) is 11.5 Å². The zero-order valence-electron chi connectivity index (χ0n) is 14.2. The molecule has 0 aliphatic rings. The molecule has 1 aromatic heterocycles. The topological polar surface area (TPSA) is 67.6 Å². The first-order valence-electron chi connectivity index (χ1n) is 7.80. The van der Waals surface area contributed by atoms with Crippen molar-refractivity contribution in [2.24, 2.45) is 4.99 Å². The molecule has 0 radical (unpaired) electrons. The molecule has 0 aliphatic carbocycles. The molecule has 1 aromatic carbocycles. The third-order valence-electron chi connectivity index (χ3n) is 3.31. The maximum absolute atomic E-state index is 9.84. The molecule has 0 saturated heterocycles. The number of pyridine rings is 1. The van der Waals surface area contributed by atoms with E-state index in [1.165, 1.54) is 0 Å². The number of aromatic nitrogens is 1. The van der Waals surface area contributed by atoms with Gasteiger partial charge in [-0.3, -0.25) is 15.4 Å². The Labute approximate surface area is 143 Å². The summed E-state index contributed by atoms with van der Waals surface area (Å²) in [5, 5.41) is 11.6. The number of guanidine groups is 1. The summed E-state index contributed by atoms with van der Waals surface area (Å²) < 4.78 is 0. The molecular formula is C18H22N6. The van der Waals surface area contributed by atoms with E-state index in [1.54, 1.807) is 16.1 Å². The Kier molecular flexibility index (Phi) is 6.29. The van der Waals surface area contributed by atoms with E-state index >= 15 is 0 Å². The van der Waals surface area contributed by atoms with E-state index in [0.29, 0.717) is 12.5 Å². The lowest BCUT2D eigenvalue weighted by Crippen LogP contribution is -2.47. The Morgan fingerprint density at radius 1 is 1.21 bits per heavy atom. The van der Waals surface area contributed by atoms with Crippen molar-refractivity contribution in [1.82, 2.24) is 20.3 Å². The van der Waals surface area contributed by atoms with Crippen molar-refractivity contribution in [3.05, 3.63) is 66.0 Å². The maximum atomic E-state index is 9.84. The molecule has 6 heteroatoms. The van der Waals surface area contributed by atoms with Crippen LogP contribution in [0.4, 0.5) is 0 Å². The predicted molar refractivity (Wildman–Crippen MR) is 94.8 cm³/mol. The number of nitrogens with one attached hydrogen (secondary N) is 1. The van der Waals surface area contributed by atoms with Gasteiger partial charge in [-0.05, 0) is 24.6 Å². The third kappa shape index (κ3) is 4.31. The van der Waals surface area contributed by atoms with Crippen LogP contribution in [0.25, 0.3) is 0 Å². The molecule has 2 aromatic rings. The lowest BCUT2D eigenvalue weighted by atomic mass is 10.0. The number of hydrogen-bond acceptors (Lipinski definition) is 4. The summed E-state index contributed by atoms with van der Waals surface area (Å²) in [6.07, 6.45) is 4.00. The van der Waals surface area contributed by atoms with Crippen molar-refractivity contribution in [3.8, 4) is 6.19 Å². The summed E-state index contributed by atoms with van der Waals surface area (Å²) in [5.41, 5.74) is 4.87. The molecule has 1 unspecified atom stereocenters. The molecule has 124 valence electrons. The van der Waals surface area contributed by atoms with Gasteiger partial charge < -0.3 is 0 Å². The number of rotatable bonds is 5. The fourth-order valence-electron chi connectivity index (χ4n) is 2.37. The Balaban J connectivity index is 2.52. The summed E-state index contributed by atoms with van der Waals surface area (Å²) in [4.78, 5) is 10.5. The first kappa shape index (κ1) is 17.4. The van der Waals surface area contributed by atoms with E-state index in [1.807, 2.05) is 69.6 Å². The number of aliphatic imine (C=N–C) groups is 1. The number of benzene rings is 1. The van der Waals surface area contributed by atoms with Crippen molar-refractivity contribution in [2.45, 2.75) is 13.0 Å². The van der Waals surface area contributed by atoms with E-state index in [9.17, 15) is 5.26 Å². The predicted octanol–water partition coefficient (Wildman–Crippen LogP) is 2.40. The molecule has 0 bridgehead atoms. The minimum Gasteiger partial charge on any atom is -0.289 e. The van der Waals surface area contributed by atoms with Gasteiger partial charge in [-0.1, -0.05) is 36.4 Å². The van der Waals surface area contributed by atoms with E-state index in [2.05, 4.69) is 21.6 Å². The fourth-order valence-corrected chi connectivity index (χ4v) is 2.37. The monoisotopic (exact) mass is 322 g/mol. The second kappa shape index (κ2) is 8.65. The van der Waals surface area contributed by atoms with Gasteiger partial charge in [0, 0.05) is 26.8 Å². The molecule has 6 nitrogen and oxygen atoms in total. The zero-order chi connectivity index (χ0) is 17.4. The van der Waals surface area contributed by atoms with Gasteiger partial charge in [-0.25, -0.2) is 9.91 Å². The van der Waals surface area contributed by atoms with Gasteiger partial charge in [0.1, 0.15) is 6.04 Å². The quantitative estimate of drug-likeness (QED) is 0.301. The number of nitriles is 1. The Bertz CT molecular complexity index is 651. The van der Waals surface area contributed by atoms with E-state index in [4.69, 9.17) is 0 Å². The number of hydrogen-bond donors (Lipinski definition) is 1.